The van der Waals surface area contributed by atoms with Crippen molar-refractivity contribution in [1.82, 2.24) is 55.1 Å². The van der Waals surface area contributed by atoms with Crippen LogP contribution in [0.15, 0.2) is 12.2 Å². The van der Waals surface area contributed by atoms with Gasteiger partial charge in [0.15, 0.2) is 0 Å². The van der Waals surface area contributed by atoms with E-state index >= 15 is 9.59 Å². The number of hydrogen-bond donors (Lipinski definition) is 4. The first-order valence-corrected chi connectivity index (χ1v) is 30.5. The van der Waals surface area contributed by atoms with E-state index in [4.69, 9.17) is 0 Å². The minimum Gasteiger partial charge on any atom is -0.390 e. The molecule has 11 amide bonds. The molecule has 4 N–H and O–H groups in total. The number of carbonyl (C=O) groups excluding carboxylic acids is 11. The Morgan fingerprint density at radius 3 is 1.28 bits per heavy atom. The normalized spacial score (nSPS) is 26.2. The van der Waals surface area contributed by atoms with Gasteiger partial charge in [0.1, 0.15) is 54.4 Å². The van der Waals surface area contributed by atoms with Crippen molar-refractivity contribution < 1.29 is 57.8 Å². The summed E-state index contributed by atoms with van der Waals surface area (Å²) in [6, 6.07) is -11.0. The highest BCUT2D eigenvalue weighted by Gasteiger charge is 2.45. The van der Waals surface area contributed by atoms with Gasteiger partial charge < -0.3 is 60.3 Å². The van der Waals surface area contributed by atoms with Crippen LogP contribution in [0, 0.1) is 41.4 Å². The van der Waals surface area contributed by atoms with Gasteiger partial charge in [-0.2, -0.15) is 0 Å². The lowest BCUT2D eigenvalue weighted by atomic mass is 9.91. The fourth-order valence-corrected chi connectivity index (χ4v) is 10.7. The number of aliphatic hydroxyl groups excluding tert-OH is 1. The van der Waals surface area contributed by atoms with Crippen LogP contribution in [0.2, 0.25) is 0 Å². The summed E-state index contributed by atoms with van der Waals surface area (Å²) in [5.74, 6) is -9.52. The number of amides is 11. The molecule has 486 valence electrons. The summed E-state index contributed by atoms with van der Waals surface area (Å²) >= 11 is 0. The summed E-state index contributed by atoms with van der Waals surface area (Å²) in [6.45, 7) is 27.4. The van der Waals surface area contributed by atoms with Gasteiger partial charge in [-0.1, -0.05) is 109 Å². The number of rotatable bonds is 15. The molecule has 0 radical (unpaired) electrons. The first-order chi connectivity index (χ1) is 39.2. The molecule has 1 aliphatic heterocycles. The van der Waals surface area contributed by atoms with Crippen LogP contribution < -0.4 is 16.0 Å². The average molecular weight is 1200 g/mol. The van der Waals surface area contributed by atoms with Gasteiger partial charge in [0.25, 0.3) is 0 Å². The van der Waals surface area contributed by atoms with E-state index < -0.39 is 156 Å². The predicted molar refractivity (Wildman–Crippen MR) is 328 cm³/mol. The van der Waals surface area contributed by atoms with E-state index in [9.17, 15) is 48.3 Å². The van der Waals surface area contributed by atoms with Crippen LogP contribution in [0.5, 0.6) is 0 Å². The Bertz CT molecular complexity index is 2330. The Morgan fingerprint density at radius 1 is 0.459 bits per heavy atom. The van der Waals surface area contributed by atoms with Crippen LogP contribution in [0.1, 0.15) is 149 Å². The van der Waals surface area contributed by atoms with Crippen LogP contribution in [0.3, 0.4) is 0 Å². The van der Waals surface area contributed by atoms with E-state index in [1.807, 2.05) is 61.5 Å². The molecule has 11 atom stereocenters. The smallest absolute Gasteiger partial charge is 0.246 e. The fraction of sp³-hybridized carbons (Fsp3) is 0.790. The Balaban J connectivity index is 4.32. The average Bonchev–Trinajstić information content (AvgIpc) is 3.60. The maximum atomic E-state index is 15.1. The largest absolute Gasteiger partial charge is 0.390 e. The van der Waals surface area contributed by atoms with E-state index in [-0.39, 0.29) is 55.8 Å². The first-order valence-electron chi connectivity index (χ1n) is 30.5. The molecule has 23 nitrogen and oxygen atoms in total. The molecule has 1 heterocycles. The number of hydrogen-bond acceptors (Lipinski definition) is 12. The van der Waals surface area contributed by atoms with Gasteiger partial charge in [-0.05, 0) is 93.8 Å². The zero-order chi connectivity index (χ0) is 66.0. The molecular weight excluding hydrogens is 1090 g/mol. The standard InChI is InChI=1S/C62H111N11O12/c1-25-27-28-41(15)53(76)52-56(79)64-43(26-2)58(81)67(18)34-48(74)68(19)44(29-35(3)4)55(78)65-50(39(11)12)61(84)70(21)45(30-36(5)6)54(77)63-42(16)57(80)66(17)33-49(75)69(20)46(31-37(7)8)59(82)71(22)47(32-38(9)10)60(83)72(23)51(40(13)14)62(85)73(52)24/h25,27,35-47,50-53,76H,26,28-34H2,1-24H3,(H,63,77)(H,64,79)(H,65,78)/b27-25+/t41-,42+,43+,44+,45+,46+,47+,50+,51+,52+,53-/m1/s1. The zero-order valence-corrected chi connectivity index (χ0v) is 56.1. The van der Waals surface area contributed by atoms with E-state index in [2.05, 4.69) is 16.0 Å². The quantitative estimate of drug-likeness (QED) is 0.172. The molecule has 85 heavy (non-hydrogen) atoms. The molecule has 0 aromatic heterocycles. The molecule has 1 rings (SSSR count). The Morgan fingerprint density at radius 2 is 0.847 bits per heavy atom. The maximum absolute atomic E-state index is 15.1. The maximum Gasteiger partial charge on any atom is 0.246 e. The van der Waals surface area contributed by atoms with Gasteiger partial charge in [-0.3, -0.25) is 52.7 Å². The SMILES string of the molecule is C/C=C/C[C@@H](C)[C@@H](O)[C@H]1C(=O)N[C@@H](CC)C(=O)N(C)CC(=O)N(C)[C@@H](CC(C)C)C(=O)N[C@@H](C(C)C)C(=O)N(C)[C@@H](CC(C)C)C(=O)N[C@@H](C)C(=O)N(C)CC(=O)N(C)[C@@H](CC(C)C)C(=O)N(C)[C@@H](CC(C)C)C(=O)N(C)[C@@H](C(C)C)C(=O)N1C. The number of aliphatic hydroxyl groups is 1. The van der Waals surface area contributed by atoms with Gasteiger partial charge in [-0.25, -0.2) is 0 Å². The lowest BCUT2D eigenvalue weighted by Crippen LogP contribution is -2.63. The lowest BCUT2D eigenvalue weighted by molar-refractivity contribution is -0.157. The minimum atomic E-state index is -1.61. The van der Waals surface area contributed by atoms with E-state index in [1.54, 1.807) is 54.5 Å². The van der Waals surface area contributed by atoms with Gasteiger partial charge in [0.05, 0.1) is 19.2 Å². The molecule has 0 bridgehead atoms. The molecule has 1 saturated heterocycles. The Labute approximate surface area is 509 Å². The summed E-state index contributed by atoms with van der Waals surface area (Å²) in [6.07, 6.45) is 3.07. The number of carbonyl (C=O) groups is 11. The molecule has 1 fully saturated rings. The summed E-state index contributed by atoms with van der Waals surface area (Å²) in [7, 11) is 11.3. The second kappa shape index (κ2) is 34.9. The van der Waals surface area contributed by atoms with Crippen LogP contribution in [0.25, 0.3) is 0 Å². The molecule has 0 aromatic rings. The minimum absolute atomic E-state index is 0.0240. The third-order valence-corrected chi connectivity index (χ3v) is 16.1. The monoisotopic (exact) mass is 1200 g/mol. The molecule has 0 unspecified atom stereocenters. The van der Waals surface area contributed by atoms with Gasteiger partial charge in [0.2, 0.25) is 65.0 Å². The summed E-state index contributed by atoms with van der Waals surface area (Å²) < 4.78 is 0. The fourth-order valence-electron chi connectivity index (χ4n) is 10.7. The number of nitrogens with one attached hydrogen (secondary N) is 3. The second-order valence-electron chi connectivity index (χ2n) is 26.1. The molecule has 0 aliphatic carbocycles. The van der Waals surface area contributed by atoms with E-state index in [0.29, 0.717) is 6.42 Å². The predicted octanol–water partition coefficient (Wildman–Crippen LogP) is 3.22. The van der Waals surface area contributed by atoms with Crippen molar-refractivity contribution in [3.8, 4) is 0 Å². The molecule has 0 aromatic carbocycles. The number of allylic oxidation sites excluding steroid dienone is 2. The first kappa shape index (κ1) is 76.9. The van der Waals surface area contributed by atoms with Crippen molar-refractivity contribution in [3.63, 3.8) is 0 Å². The number of nitrogens with zero attached hydrogens (tertiary/aromatic N) is 8. The van der Waals surface area contributed by atoms with Crippen molar-refractivity contribution in [2.24, 2.45) is 41.4 Å². The van der Waals surface area contributed by atoms with Crippen molar-refractivity contribution in [2.45, 2.75) is 210 Å². The zero-order valence-electron chi connectivity index (χ0n) is 56.1. The second-order valence-corrected chi connectivity index (χ2v) is 26.1. The van der Waals surface area contributed by atoms with Crippen molar-refractivity contribution in [1.29, 1.82) is 0 Å². The van der Waals surface area contributed by atoms with Crippen molar-refractivity contribution >= 4 is 65.0 Å². The molecule has 0 spiro atoms. The highest BCUT2D eigenvalue weighted by atomic mass is 16.3. The Hall–Kier alpha value is -6.13. The summed E-state index contributed by atoms with van der Waals surface area (Å²) in [5.41, 5.74) is 0. The summed E-state index contributed by atoms with van der Waals surface area (Å²) in [4.78, 5) is 170. The highest BCUT2D eigenvalue weighted by molar-refractivity contribution is 5.99. The molecule has 0 saturated carbocycles. The van der Waals surface area contributed by atoms with Gasteiger partial charge in [-0.15, -0.1) is 0 Å². The van der Waals surface area contributed by atoms with Crippen molar-refractivity contribution in [3.05, 3.63) is 12.2 Å². The van der Waals surface area contributed by atoms with E-state index in [0.717, 1.165) is 14.7 Å². The van der Waals surface area contributed by atoms with Crippen LogP contribution in [-0.2, 0) is 52.7 Å². The van der Waals surface area contributed by atoms with Gasteiger partial charge >= 0.3 is 0 Å². The highest BCUT2D eigenvalue weighted by Crippen LogP contribution is 2.25. The third-order valence-electron chi connectivity index (χ3n) is 16.1. The van der Waals surface area contributed by atoms with Crippen LogP contribution in [0.4, 0.5) is 0 Å². The Kier molecular flexibility index (Phi) is 31.5. The van der Waals surface area contributed by atoms with Crippen LogP contribution >= 0.6 is 0 Å². The van der Waals surface area contributed by atoms with Crippen molar-refractivity contribution in [2.75, 3.05) is 69.5 Å². The number of likely N-dealkylation sites (N-methyl/N-ethyl adjacent to an activating group) is 8. The molecule has 1 aliphatic rings. The van der Waals surface area contributed by atoms with Gasteiger partial charge in [0, 0.05) is 56.4 Å². The molecule has 23 heteroatoms. The van der Waals surface area contributed by atoms with Crippen LogP contribution in [-0.4, -0.2) is 239 Å². The van der Waals surface area contributed by atoms with E-state index in [1.165, 1.54) is 87.8 Å². The lowest BCUT2D eigenvalue weighted by Gasteiger charge is -2.41. The summed E-state index contributed by atoms with van der Waals surface area (Å²) in [5, 5.41) is 20.4. The topological polar surface area (TPSA) is 270 Å². The molecular formula is C62H111N11O12. The third kappa shape index (κ3) is 21.7.